The fraction of sp³-hybridized carbons (Fsp3) is 0.250. The minimum atomic E-state index is -1.01. The Balaban J connectivity index is 1.58. The van der Waals surface area contributed by atoms with Crippen LogP contribution in [0.3, 0.4) is 0 Å². The van der Waals surface area contributed by atoms with E-state index in [0.717, 1.165) is 4.90 Å². The third-order valence-electron chi connectivity index (χ3n) is 5.58. The quantitative estimate of drug-likeness (QED) is 0.330. The zero-order chi connectivity index (χ0) is 21.3. The molecule has 0 unspecified atom stereocenters. The zero-order valence-electron chi connectivity index (χ0n) is 16.5. The van der Waals surface area contributed by atoms with Crippen molar-refractivity contribution >= 4 is 29.3 Å². The number of ketones is 1. The second-order valence-electron chi connectivity index (χ2n) is 7.46. The largest absolute Gasteiger partial charge is 0.451 e. The van der Waals surface area contributed by atoms with Crippen LogP contribution in [-0.4, -0.2) is 29.7 Å². The van der Waals surface area contributed by atoms with Crippen LogP contribution in [0.15, 0.2) is 66.7 Å². The average Bonchev–Trinajstić information content (AvgIpc) is 3.04. The second-order valence-corrected chi connectivity index (χ2v) is 7.46. The number of allylic oxidation sites excluding steroid dienone is 2. The lowest BCUT2D eigenvalue weighted by molar-refractivity contribution is -0.122. The highest BCUT2D eigenvalue weighted by molar-refractivity contribution is 6.24. The van der Waals surface area contributed by atoms with Crippen LogP contribution in [0.25, 0.3) is 0 Å². The van der Waals surface area contributed by atoms with Gasteiger partial charge in [-0.2, -0.15) is 0 Å². The Morgan fingerprint density at radius 1 is 0.900 bits per heavy atom. The Kier molecular flexibility index (Phi) is 5.31. The maximum Gasteiger partial charge on any atom is 0.340 e. The van der Waals surface area contributed by atoms with Crippen molar-refractivity contribution < 1.29 is 23.9 Å². The minimum Gasteiger partial charge on any atom is -0.451 e. The van der Waals surface area contributed by atoms with Crippen molar-refractivity contribution in [3.63, 3.8) is 0 Å². The van der Waals surface area contributed by atoms with Gasteiger partial charge >= 0.3 is 5.97 Å². The highest BCUT2D eigenvalue weighted by atomic mass is 16.5. The summed E-state index contributed by atoms with van der Waals surface area (Å²) < 4.78 is 5.39. The standard InChI is InChI=1S/C24H21NO5/c1-15(21(26)16-9-3-2-4-10-16)30-24(29)19-13-7-8-14-20(19)25-22(27)17-11-5-6-12-18(17)23(25)28/h2-10,13-15,17-18H,11-12H2,1H3/t15-,17-,18-/m0/s1. The van der Waals surface area contributed by atoms with Gasteiger partial charge < -0.3 is 4.74 Å². The van der Waals surface area contributed by atoms with E-state index in [1.54, 1.807) is 48.5 Å². The third kappa shape index (κ3) is 3.45. The number of hydrogen-bond donors (Lipinski definition) is 0. The molecule has 1 fully saturated rings. The molecule has 2 aliphatic rings. The van der Waals surface area contributed by atoms with Gasteiger partial charge in [0, 0.05) is 5.56 Å². The lowest BCUT2D eigenvalue weighted by Crippen LogP contribution is -2.33. The SMILES string of the molecule is C[C@H](OC(=O)c1ccccc1N1C(=O)[C@H]2CC=CC[C@@H]2C1=O)C(=O)c1ccccc1. The number of benzene rings is 2. The molecular weight excluding hydrogens is 382 g/mol. The Labute approximate surface area is 174 Å². The van der Waals surface area contributed by atoms with E-state index in [-0.39, 0.29) is 28.8 Å². The molecule has 6 heteroatoms. The Bertz CT molecular complexity index is 1020. The van der Waals surface area contributed by atoms with Gasteiger partial charge in [-0.05, 0) is 31.9 Å². The van der Waals surface area contributed by atoms with Gasteiger partial charge in [-0.15, -0.1) is 0 Å². The molecule has 1 heterocycles. The lowest BCUT2D eigenvalue weighted by atomic mass is 9.85. The van der Waals surface area contributed by atoms with Crippen LogP contribution in [0.4, 0.5) is 5.69 Å². The van der Waals surface area contributed by atoms with Gasteiger partial charge in [-0.25, -0.2) is 9.69 Å². The van der Waals surface area contributed by atoms with Crippen LogP contribution >= 0.6 is 0 Å². The van der Waals surface area contributed by atoms with E-state index in [1.165, 1.54) is 13.0 Å². The summed E-state index contributed by atoms with van der Waals surface area (Å²) >= 11 is 0. The molecule has 3 atom stereocenters. The Hall–Kier alpha value is -3.54. The molecule has 0 aromatic heterocycles. The van der Waals surface area contributed by atoms with Crippen molar-refractivity contribution in [1.82, 2.24) is 0 Å². The van der Waals surface area contributed by atoms with E-state index >= 15 is 0 Å². The molecule has 1 aliphatic heterocycles. The number of fused-ring (bicyclic) bond motifs is 1. The molecule has 0 spiro atoms. The first-order chi connectivity index (χ1) is 14.5. The van der Waals surface area contributed by atoms with Crippen LogP contribution in [0, 0.1) is 11.8 Å². The second kappa shape index (κ2) is 8.06. The summed E-state index contributed by atoms with van der Waals surface area (Å²) in [5.41, 5.74) is 0.720. The molecule has 6 nitrogen and oxygen atoms in total. The number of amides is 2. The molecule has 152 valence electrons. The van der Waals surface area contributed by atoms with Crippen molar-refractivity contribution in [3.05, 3.63) is 77.9 Å². The van der Waals surface area contributed by atoms with Crippen molar-refractivity contribution in [2.75, 3.05) is 4.90 Å². The van der Waals surface area contributed by atoms with Crippen LogP contribution in [0.5, 0.6) is 0 Å². The molecule has 2 aromatic rings. The van der Waals surface area contributed by atoms with Gasteiger partial charge in [0.1, 0.15) is 0 Å². The normalized spacial score (nSPS) is 21.3. The first-order valence-electron chi connectivity index (χ1n) is 9.91. The number of ether oxygens (including phenoxy) is 1. The van der Waals surface area contributed by atoms with Gasteiger partial charge in [-0.3, -0.25) is 14.4 Å². The van der Waals surface area contributed by atoms with E-state index in [1.807, 2.05) is 12.2 Å². The van der Waals surface area contributed by atoms with Gasteiger partial charge in [0.25, 0.3) is 0 Å². The van der Waals surface area contributed by atoms with Crippen LogP contribution < -0.4 is 4.90 Å². The van der Waals surface area contributed by atoms with Crippen LogP contribution in [0.2, 0.25) is 0 Å². The number of carbonyl (C=O) groups excluding carboxylic acids is 4. The van der Waals surface area contributed by atoms with E-state index in [4.69, 9.17) is 4.74 Å². The van der Waals surface area contributed by atoms with Crippen LogP contribution in [0.1, 0.15) is 40.5 Å². The van der Waals surface area contributed by atoms with Crippen molar-refractivity contribution in [3.8, 4) is 0 Å². The number of Topliss-reactive ketones (excluding diaryl/α,β-unsaturated/α-hetero) is 1. The lowest BCUT2D eigenvalue weighted by Gasteiger charge is -2.19. The Morgan fingerprint density at radius 2 is 1.47 bits per heavy atom. The molecule has 0 saturated carbocycles. The van der Waals surface area contributed by atoms with E-state index < -0.39 is 23.9 Å². The number of para-hydroxylation sites is 1. The van der Waals surface area contributed by atoms with Gasteiger partial charge in [-0.1, -0.05) is 54.6 Å². The molecule has 30 heavy (non-hydrogen) atoms. The first kappa shape index (κ1) is 19.8. The van der Waals surface area contributed by atoms with E-state index in [2.05, 4.69) is 0 Å². The number of esters is 1. The highest BCUT2D eigenvalue weighted by Gasteiger charge is 2.48. The predicted molar refractivity (Wildman–Crippen MR) is 110 cm³/mol. The number of imide groups is 1. The summed E-state index contributed by atoms with van der Waals surface area (Å²) in [5, 5.41) is 0. The maximum atomic E-state index is 12.9. The first-order valence-corrected chi connectivity index (χ1v) is 9.91. The van der Waals surface area contributed by atoms with Gasteiger partial charge in [0.05, 0.1) is 23.1 Å². The van der Waals surface area contributed by atoms with Crippen LogP contribution in [-0.2, 0) is 14.3 Å². The van der Waals surface area contributed by atoms with E-state index in [0.29, 0.717) is 18.4 Å². The summed E-state index contributed by atoms with van der Waals surface area (Å²) in [6.45, 7) is 1.50. The van der Waals surface area contributed by atoms with E-state index in [9.17, 15) is 19.2 Å². The smallest absolute Gasteiger partial charge is 0.340 e. The number of nitrogens with zero attached hydrogens (tertiary/aromatic N) is 1. The summed E-state index contributed by atoms with van der Waals surface area (Å²) in [5.74, 6) is -2.48. The predicted octanol–water partition coefficient (Wildman–Crippen LogP) is 3.57. The summed E-state index contributed by atoms with van der Waals surface area (Å²) in [4.78, 5) is 52.3. The summed E-state index contributed by atoms with van der Waals surface area (Å²) in [6, 6.07) is 14.9. The molecule has 1 saturated heterocycles. The monoisotopic (exact) mass is 403 g/mol. The molecule has 2 aromatic carbocycles. The molecule has 2 amide bonds. The third-order valence-corrected chi connectivity index (χ3v) is 5.58. The fourth-order valence-electron chi connectivity index (χ4n) is 3.99. The average molecular weight is 403 g/mol. The molecular formula is C24H21NO5. The highest BCUT2D eigenvalue weighted by Crippen LogP contribution is 2.38. The molecule has 4 rings (SSSR count). The molecule has 0 bridgehead atoms. The van der Waals surface area contributed by atoms with Gasteiger partial charge in [0.2, 0.25) is 17.6 Å². The minimum absolute atomic E-state index is 0.0820. The number of hydrogen-bond acceptors (Lipinski definition) is 5. The van der Waals surface area contributed by atoms with Crippen molar-refractivity contribution in [2.45, 2.75) is 25.9 Å². The number of rotatable bonds is 5. The maximum absolute atomic E-state index is 12.9. The summed E-state index contributed by atoms with van der Waals surface area (Å²) in [6.07, 6.45) is 3.84. The summed E-state index contributed by atoms with van der Waals surface area (Å²) in [7, 11) is 0. The Morgan fingerprint density at radius 3 is 2.10 bits per heavy atom. The number of carbonyl (C=O) groups is 4. The van der Waals surface area contributed by atoms with Crippen molar-refractivity contribution in [1.29, 1.82) is 0 Å². The topological polar surface area (TPSA) is 80.8 Å². The molecule has 0 N–H and O–H groups in total. The molecule has 0 radical (unpaired) electrons. The number of anilines is 1. The zero-order valence-corrected chi connectivity index (χ0v) is 16.5. The van der Waals surface area contributed by atoms with Crippen molar-refractivity contribution in [2.24, 2.45) is 11.8 Å². The fourth-order valence-corrected chi connectivity index (χ4v) is 3.99. The van der Waals surface area contributed by atoms with Gasteiger partial charge in [0.15, 0.2) is 6.10 Å². The molecule has 1 aliphatic carbocycles.